The van der Waals surface area contributed by atoms with Gasteiger partial charge in [-0.05, 0) is 36.8 Å². The van der Waals surface area contributed by atoms with Crippen molar-refractivity contribution in [3.05, 3.63) is 72.4 Å². The summed E-state index contributed by atoms with van der Waals surface area (Å²) >= 11 is 0. The number of hydrogen-bond donors (Lipinski definition) is 1. The zero-order chi connectivity index (χ0) is 25.4. The van der Waals surface area contributed by atoms with Crippen LogP contribution >= 0.6 is 0 Å². The van der Waals surface area contributed by atoms with Crippen LogP contribution < -0.4 is 4.90 Å². The Morgan fingerprint density at radius 2 is 1.78 bits per heavy atom. The second kappa shape index (κ2) is 9.72. The van der Waals surface area contributed by atoms with Gasteiger partial charge in [-0.2, -0.15) is 5.10 Å². The minimum atomic E-state index is -0.911. The molecule has 188 valence electrons. The number of aromatic nitrogens is 7. The first-order chi connectivity index (χ1) is 18.1. The van der Waals surface area contributed by atoms with Crippen molar-refractivity contribution in [3.8, 4) is 22.6 Å². The standard InChI is InChI=1S/C27H28N8O2/c1-3-35-26-22(29-27(35)23(36)18-7-10-28-11-8-18)25(34-13-15-37-16-14-34)30-24(31-26)20-6-4-5-19(17-20)21-9-12-33(2)32-21/h4-12,17,23,36H,3,13-16H2,1-2H3. The van der Waals surface area contributed by atoms with Crippen LogP contribution in [0.4, 0.5) is 5.82 Å². The highest BCUT2D eigenvalue weighted by molar-refractivity contribution is 5.87. The van der Waals surface area contributed by atoms with Gasteiger partial charge < -0.3 is 19.3 Å². The maximum atomic E-state index is 11.3. The highest BCUT2D eigenvalue weighted by atomic mass is 16.5. The van der Waals surface area contributed by atoms with Crippen molar-refractivity contribution >= 4 is 17.0 Å². The molecule has 0 saturated carbocycles. The highest BCUT2D eigenvalue weighted by Gasteiger charge is 2.26. The number of pyridine rings is 1. The lowest BCUT2D eigenvalue weighted by Gasteiger charge is -2.28. The molecule has 0 spiro atoms. The van der Waals surface area contributed by atoms with E-state index < -0.39 is 6.10 Å². The van der Waals surface area contributed by atoms with Gasteiger partial charge in [0.05, 0.1) is 18.9 Å². The second-order valence-corrected chi connectivity index (χ2v) is 9.00. The van der Waals surface area contributed by atoms with E-state index in [1.807, 2.05) is 49.0 Å². The molecule has 0 aliphatic carbocycles. The molecule has 5 aromatic rings. The van der Waals surface area contributed by atoms with E-state index in [9.17, 15) is 5.11 Å². The number of anilines is 1. The first-order valence-corrected chi connectivity index (χ1v) is 12.4. The van der Waals surface area contributed by atoms with Crippen LogP contribution in [0.3, 0.4) is 0 Å². The van der Waals surface area contributed by atoms with Gasteiger partial charge in [-0.3, -0.25) is 9.67 Å². The van der Waals surface area contributed by atoms with E-state index in [-0.39, 0.29) is 0 Å². The van der Waals surface area contributed by atoms with Crippen molar-refractivity contribution in [2.45, 2.75) is 19.6 Å². The Bertz CT molecular complexity index is 1540. The van der Waals surface area contributed by atoms with Gasteiger partial charge in [0, 0.05) is 56.4 Å². The first-order valence-electron chi connectivity index (χ1n) is 12.4. The molecule has 1 saturated heterocycles. The molecule has 1 aliphatic rings. The van der Waals surface area contributed by atoms with Crippen molar-refractivity contribution < 1.29 is 9.84 Å². The van der Waals surface area contributed by atoms with E-state index in [0.717, 1.165) is 28.2 Å². The fourth-order valence-electron chi connectivity index (χ4n) is 4.73. The van der Waals surface area contributed by atoms with Crippen LogP contribution in [-0.4, -0.2) is 65.7 Å². The summed E-state index contributed by atoms with van der Waals surface area (Å²) < 4.78 is 9.35. The summed E-state index contributed by atoms with van der Waals surface area (Å²) in [6, 6.07) is 13.7. The van der Waals surface area contributed by atoms with Gasteiger partial charge >= 0.3 is 0 Å². The normalized spacial score (nSPS) is 14.8. The molecular weight excluding hydrogens is 468 g/mol. The van der Waals surface area contributed by atoms with Crippen LogP contribution in [-0.2, 0) is 18.3 Å². The van der Waals surface area contributed by atoms with Gasteiger partial charge in [-0.1, -0.05) is 18.2 Å². The summed E-state index contributed by atoms with van der Waals surface area (Å²) in [6.07, 6.45) is 4.36. The Morgan fingerprint density at radius 3 is 2.51 bits per heavy atom. The molecule has 1 aliphatic heterocycles. The molecule has 10 heteroatoms. The Balaban J connectivity index is 1.53. The van der Waals surface area contributed by atoms with Crippen LogP contribution in [0.2, 0.25) is 0 Å². The summed E-state index contributed by atoms with van der Waals surface area (Å²) in [7, 11) is 1.91. The minimum absolute atomic E-state index is 0.534. The maximum Gasteiger partial charge on any atom is 0.166 e. The molecule has 5 heterocycles. The summed E-state index contributed by atoms with van der Waals surface area (Å²) in [5.74, 6) is 1.89. The predicted molar refractivity (Wildman–Crippen MR) is 140 cm³/mol. The molecule has 37 heavy (non-hydrogen) atoms. The minimum Gasteiger partial charge on any atom is -0.380 e. The number of fused-ring (bicyclic) bond motifs is 1. The average Bonchev–Trinajstić information content (AvgIpc) is 3.56. The second-order valence-electron chi connectivity index (χ2n) is 9.00. The lowest BCUT2D eigenvalue weighted by Crippen LogP contribution is -2.37. The summed E-state index contributed by atoms with van der Waals surface area (Å²) in [6.45, 7) is 5.29. The lowest BCUT2D eigenvalue weighted by molar-refractivity contribution is 0.122. The van der Waals surface area contributed by atoms with Crippen LogP contribution in [0.5, 0.6) is 0 Å². The third-order valence-corrected chi connectivity index (χ3v) is 6.63. The Kier molecular flexibility index (Phi) is 6.11. The third-order valence-electron chi connectivity index (χ3n) is 6.63. The molecule has 6 rings (SSSR count). The zero-order valence-electron chi connectivity index (χ0n) is 20.8. The number of aryl methyl sites for hydroxylation is 2. The molecule has 1 unspecified atom stereocenters. The summed E-state index contributed by atoms with van der Waals surface area (Å²) in [4.78, 5) is 21.2. The van der Waals surface area contributed by atoms with Crippen molar-refractivity contribution in [2.24, 2.45) is 7.05 Å². The van der Waals surface area contributed by atoms with Crippen molar-refractivity contribution in [1.29, 1.82) is 0 Å². The maximum absolute atomic E-state index is 11.3. The fourth-order valence-corrected chi connectivity index (χ4v) is 4.73. The molecule has 4 aromatic heterocycles. The fraction of sp³-hybridized carbons (Fsp3) is 0.296. The smallest absolute Gasteiger partial charge is 0.166 e. The largest absolute Gasteiger partial charge is 0.380 e. The Labute approximate surface area is 214 Å². The van der Waals surface area contributed by atoms with E-state index in [4.69, 9.17) is 19.7 Å². The quantitative estimate of drug-likeness (QED) is 0.382. The van der Waals surface area contributed by atoms with E-state index >= 15 is 0 Å². The molecule has 1 N–H and O–H groups in total. The number of aliphatic hydroxyl groups excluding tert-OH is 1. The van der Waals surface area contributed by atoms with Crippen LogP contribution in [0.15, 0.2) is 61.1 Å². The Morgan fingerprint density at radius 1 is 1.00 bits per heavy atom. The number of imidazole rings is 1. The number of rotatable bonds is 6. The Hall–Kier alpha value is -4.15. The van der Waals surface area contributed by atoms with E-state index in [1.165, 1.54) is 0 Å². The van der Waals surface area contributed by atoms with Gasteiger partial charge in [0.25, 0.3) is 0 Å². The van der Waals surface area contributed by atoms with Crippen molar-refractivity contribution in [2.75, 3.05) is 31.2 Å². The number of hydrogen-bond acceptors (Lipinski definition) is 8. The van der Waals surface area contributed by atoms with Gasteiger partial charge in [0.1, 0.15) is 11.9 Å². The molecule has 1 fully saturated rings. The zero-order valence-corrected chi connectivity index (χ0v) is 20.8. The number of nitrogens with zero attached hydrogens (tertiary/aromatic N) is 8. The van der Waals surface area contributed by atoms with Gasteiger partial charge in [-0.15, -0.1) is 0 Å². The van der Waals surface area contributed by atoms with E-state index in [1.54, 1.807) is 29.2 Å². The van der Waals surface area contributed by atoms with E-state index in [2.05, 4.69) is 21.0 Å². The molecule has 1 atom stereocenters. The molecule has 0 radical (unpaired) electrons. The first kappa shape index (κ1) is 23.3. The van der Waals surface area contributed by atoms with Gasteiger partial charge in [-0.25, -0.2) is 15.0 Å². The van der Waals surface area contributed by atoms with Crippen LogP contribution in [0.25, 0.3) is 33.8 Å². The van der Waals surface area contributed by atoms with Crippen molar-refractivity contribution in [3.63, 3.8) is 0 Å². The number of ether oxygens (including phenoxy) is 1. The molecule has 0 amide bonds. The number of benzene rings is 1. The SMILES string of the molecule is CCn1c(C(O)c2ccncc2)nc2c(N3CCOCC3)nc(-c3cccc(-c4ccn(C)n4)c3)nc21. The third kappa shape index (κ3) is 4.34. The highest BCUT2D eigenvalue weighted by Crippen LogP contribution is 2.32. The average molecular weight is 497 g/mol. The van der Waals surface area contributed by atoms with Crippen molar-refractivity contribution in [1.82, 2.24) is 34.3 Å². The van der Waals surface area contributed by atoms with E-state index in [0.29, 0.717) is 55.7 Å². The molecule has 10 nitrogen and oxygen atoms in total. The lowest BCUT2D eigenvalue weighted by atomic mass is 10.1. The molecule has 0 bridgehead atoms. The topological polar surface area (TPSA) is 107 Å². The number of aliphatic hydroxyl groups is 1. The van der Waals surface area contributed by atoms with Gasteiger partial charge in [0.15, 0.2) is 22.8 Å². The predicted octanol–water partition coefficient (Wildman–Crippen LogP) is 3.23. The summed E-state index contributed by atoms with van der Waals surface area (Å²) in [5, 5.41) is 15.8. The molecular formula is C27H28N8O2. The van der Waals surface area contributed by atoms with Gasteiger partial charge in [0.2, 0.25) is 0 Å². The molecule has 1 aromatic carbocycles. The van der Waals surface area contributed by atoms with Crippen LogP contribution in [0.1, 0.15) is 24.4 Å². The monoisotopic (exact) mass is 496 g/mol. The number of morpholine rings is 1. The summed E-state index contributed by atoms with van der Waals surface area (Å²) in [5.41, 5.74) is 4.87. The van der Waals surface area contributed by atoms with Crippen LogP contribution in [0, 0.1) is 0 Å².